The fourth-order valence-corrected chi connectivity index (χ4v) is 7.29. The van der Waals surface area contributed by atoms with Crippen molar-refractivity contribution in [2.75, 3.05) is 0 Å². The second-order valence-corrected chi connectivity index (χ2v) is 11.3. The molecule has 1 atom stereocenters. The molecule has 0 saturated carbocycles. The summed E-state index contributed by atoms with van der Waals surface area (Å²) in [5.41, 5.74) is 0.788. The number of benzene rings is 3. The Balaban J connectivity index is 1.63. The van der Waals surface area contributed by atoms with Gasteiger partial charge in [0.25, 0.3) is 11.1 Å². The smallest absolute Gasteiger partial charge is 0.285 e. The van der Waals surface area contributed by atoms with Crippen LogP contribution in [-0.4, -0.2) is 23.6 Å². The Bertz CT molecular complexity index is 1370. The van der Waals surface area contributed by atoms with Crippen LogP contribution < -0.4 is 5.32 Å². The number of halogens is 1. The molecule has 0 radical (unpaired) electrons. The Kier molecular flexibility index (Phi) is 6.29. The highest BCUT2D eigenvalue weighted by Crippen LogP contribution is 2.45. The van der Waals surface area contributed by atoms with Crippen molar-refractivity contribution in [1.29, 1.82) is 0 Å². The molecule has 3 aromatic carbocycles. The van der Waals surface area contributed by atoms with Gasteiger partial charge in [-0.05, 0) is 60.3 Å². The summed E-state index contributed by atoms with van der Waals surface area (Å²) in [5, 5.41) is 3.38. The summed E-state index contributed by atoms with van der Waals surface area (Å²) in [7, 11) is -4.19. The minimum absolute atomic E-state index is 0.0317. The molecule has 4 rings (SSSR count). The largest absolute Gasteiger partial charge is 0.287 e. The molecule has 0 spiro atoms. The average Bonchev–Trinajstić information content (AvgIpc) is 3.08. The van der Waals surface area contributed by atoms with E-state index in [1.54, 1.807) is 54.6 Å². The maximum atomic E-state index is 13.8. The molecule has 8 heteroatoms. The van der Waals surface area contributed by atoms with Crippen molar-refractivity contribution in [1.82, 2.24) is 5.32 Å². The van der Waals surface area contributed by atoms with Gasteiger partial charge in [0.1, 0.15) is 0 Å². The zero-order valence-corrected chi connectivity index (χ0v) is 19.2. The first-order valence-corrected chi connectivity index (χ1v) is 12.5. The Morgan fingerprint density at radius 2 is 1.69 bits per heavy atom. The Morgan fingerprint density at radius 1 is 0.969 bits per heavy atom. The number of unbranched alkanes of at least 4 members (excludes halogenated alkanes) is 1. The van der Waals surface area contributed by atoms with Gasteiger partial charge in [-0.2, -0.15) is 0 Å². The second kappa shape index (κ2) is 8.99. The summed E-state index contributed by atoms with van der Waals surface area (Å²) in [5.74, 6) is 5.19. The van der Waals surface area contributed by atoms with Crippen LogP contribution in [0.15, 0.2) is 71.6 Å². The van der Waals surface area contributed by atoms with Gasteiger partial charge in [-0.3, -0.25) is 14.9 Å². The SMILES string of the molecule is O=C1NC(=O)C(CCCC#Cc2ccc(Cl)cc2)(S(=O)(=O)c2cccc3ccccc23)S1. The van der Waals surface area contributed by atoms with Crippen LogP contribution in [0.25, 0.3) is 10.8 Å². The van der Waals surface area contributed by atoms with E-state index in [9.17, 15) is 18.0 Å². The minimum atomic E-state index is -4.19. The van der Waals surface area contributed by atoms with E-state index >= 15 is 0 Å². The van der Waals surface area contributed by atoms with E-state index in [0.29, 0.717) is 35.0 Å². The fourth-order valence-electron chi connectivity index (χ4n) is 3.60. The predicted molar refractivity (Wildman–Crippen MR) is 127 cm³/mol. The van der Waals surface area contributed by atoms with Gasteiger partial charge < -0.3 is 0 Å². The van der Waals surface area contributed by atoms with Gasteiger partial charge in [0, 0.05) is 22.4 Å². The average molecular weight is 484 g/mol. The van der Waals surface area contributed by atoms with E-state index in [-0.39, 0.29) is 11.3 Å². The number of rotatable bonds is 5. The Labute approximate surface area is 195 Å². The van der Waals surface area contributed by atoms with Gasteiger partial charge in [0.2, 0.25) is 13.9 Å². The second-order valence-electron chi connectivity index (χ2n) is 7.24. The van der Waals surface area contributed by atoms with E-state index in [0.717, 1.165) is 10.9 Å². The van der Waals surface area contributed by atoms with Crippen LogP contribution in [0.2, 0.25) is 5.02 Å². The first-order valence-electron chi connectivity index (χ1n) is 9.85. The van der Waals surface area contributed by atoms with Crippen LogP contribution in [-0.2, 0) is 14.6 Å². The molecule has 1 aliphatic rings. The molecule has 1 heterocycles. The van der Waals surface area contributed by atoms with E-state index < -0.39 is 25.1 Å². The third-order valence-electron chi connectivity index (χ3n) is 5.18. The van der Waals surface area contributed by atoms with Crippen LogP contribution in [0.5, 0.6) is 0 Å². The monoisotopic (exact) mass is 483 g/mol. The predicted octanol–water partition coefficient (Wildman–Crippen LogP) is 5.17. The summed E-state index contributed by atoms with van der Waals surface area (Å²) in [6.45, 7) is 0. The van der Waals surface area contributed by atoms with Crippen molar-refractivity contribution < 1.29 is 18.0 Å². The zero-order valence-electron chi connectivity index (χ0n) is 16.8. The topological polar surface area (TPSA) is 80.3 Å². The first-order chi connectivity index (χ1) is 15.3. The molecule has 1 aliphatic heterocycles. The standard InChI is InChI=1S/C24H18ClNO4S2/c25-19-14-12-17(13-15-19)7-2-1-5-16-24(22(27)26-23(28)31-24)32(29,30)21-11-6-9-18-8-3-4-10-20(18)21/h3-4,6,8-15H,1,5,16H2,(H,26,27,28). The number of carbonyl (C=O) groups is 2. The van der Waals surface area contributed by atoms with Crippen molar-refractivity contribution in [3.63, 3.8) is 0 Å². The van der Waals surface area contributed by atoms with Crippen molar-refractivity contribution >= 4 is 55.1 Å². The van der Waals surface area contributed by atoms with Crippen molar-refractivity contribution in [3.05, 3.63) is 77.3 Å². The maximum Gasteiger partial charge on any atom is 0.287 e. The first kappa shape index (κ1) is 22.4. The highest BCUT2D eigenvalue weighted by atomic mass is 35.5. The maximum absolute atomic E-state index is 13.8. The van der Waals surface area contributed by atoms with Crippen LogP contribution in [0, 0.1) is 11.8 Å². The van der Waals surface area contributed by atoms with Gasteiger partial charge in [0.05, 0.1) is 4.90 Å². The number of amides is 2. The third kappa shape index (κ3) is 4.14. The molecule has 1 N–H and O–H groups in total. The molecule has 3 aromatic rings. The highest BCUT2D eigenvalue weighted by molar-refractivity contribution is 8.25. The highest BCUT2D eigenvalue weighted by Gasteiger charge is 2.58. The molecule has 32 heavy (non-hydrogen) atoms. The quantitative estimate of drug-likeness (QED) is 0.400. The lowest BCUT2D eigenvalue weighted by Gasteiger charge is -2.24. The van der Waals surface area contributed by atoms with Crippen molar-refractivity contribution in [2.45, 2.75) is 28.2 Å². The molecule has 162 valence electrons. The molecule has 1 fully saturated rings. The molecule has 2 amide bonds. The molecular formula is C24H18ClNO4S2. The minimum Gasteiger partial charge on any atom is -0.285 e. The summed E-state index contributed by atoms with van der Waals surface area (Å²) in [6.07, 6.45) is 0.672. The Hall–Kier alpha value is -2.79. The molecule has 1 unspecified atom stereocenters. The molecule has 0 aromatic heterocycles. The summed E-state index contributed by atoms with van der Waals surface area (Å²) in [6, 6.07) is 19.1. The van der Waals surface area contributed by atoms with Crippen LogP contribution in [0.3, 0.4) is 0 Å². The molecule has 0 bridgehead atoms. The van der Waals surface area contributed by atoms with E-state index in [1.807, 2.05) is 6.07 Å². The number of imide groups is 1. The fraction of sp³-hybridized carbons (Fsp3) is 0.167. The van der Waals surface area contributed by atoms with Crippen molar-refractivity contribution in [3.8, 4) is 11.8 Å². The normalized spacial score (nSPS) is 18.3. The lowest BCUT2D eigenvalue weighted by Crippen LogP contribution is -2.43. The third-order valence-corrected chi connectivity index (χ3v) is 9.54. The number of sulfone groups is 1. The summed E-state index contributed by atoms with van der Waals surface area (Å²) in [4.78, 5) is 24.9. The number of nitrogens with one attached hydrogen (secondary N) is 1. The van der Waals surface area contributed by atoms with Gasteiger partial charge in [0.15, 0.2) is 0 Å². The summed E-state index contributed by atoms with van der Waals surface area (Å²) >= 11 is 6.40. The molecule has 1 saturated heterocycles. The summed E-state index contributed by atoms with van der Waals surface area (Å²) < 4.78 is 25.6. The molecular weight excluding hydrogens is 466 g/mol. The van der Waals surface area contributed by atoms with Crippen LogP contribution in [0.1, 0.15) is 24.8 Å². The van der Waals surface area contributed by atoms with E-state index in [4.69, 9.17) is 11.6 Å². The van der Waals surface area contributed by atoms with Gasteiger partial charge in [-0.1, -0.05) is 59.8 Å². The van der Waals surface area contributed by atoms with Crippen LogP contribution >= 0.6 is 23.4 Å². The van der Waals surface area contributed by atoms with E-state index in [2.05, 4.69) is 17.2 Å². The Morgan fingerprint density at radius 3 is 2.41 bits per heavy atom. The van der Waals surface area contributed by atoms with E-state index in [1.165, 1.54) is 6.07 Å². The lowest BCUT2D eigenvalue weighted by atomic mass is 10.1. The molecule has 5 nitrogen and oxygen atoms in total. The number of thioether (sulfide) groups is 1. The molecule has 0 aliphatic carbocycles. The lowest BCUT2D eigenvalue weighted by molar-refractivity contribution is -0.120. The van der Waals surface area contributed by atoms with Gasteiger partial charge in [-0.25, -0.2) is 8.42 Å². The van der Waals surface area contributed by atoms with Gasteiger partial charge in [-0.15, -0.1) is 0 Å². The van der Waals surface area contributed by atoms with Crippen molar-refractivity contribution in [2.24, 2.45) is 0 Å². The number of hydrogen-bond acceptors (Lipinski definition) is 5. The number of fused-ring (bicyclic) bond motifs is 1. The zero-order chi connectivity index (χ0) is 22.8. The number of hydrogen-bond donors (Lipinski definition) is 1. The van der Waals surface area contributed by atoms with Crippen LogP contribution in [0.4, 0.5) is 4.79 Å². The van der Waals surface area contributed by atoms with Gasteiger partial charge >= 0.3 is 0 Å². The number of carbonyl (C=O) groups excluding carboxylic acids is 2.